The minimum Gasteiger partial charge on any atom is -0.376 e. The van der Waals surface area contributed by atoms with Crippen LogP contribution in [0.4, 0.5) is 0 Å². The van der Waals surface area contributed by atoms with Crippen molar-refractivity contribution in [2.45, 2.75) is 5.60 Å². The van der Waals surface area contributed by atoms with Crippen LogP contribution in [0.3, 0.4) is 0 Å². The van der Waals surface area contributed by atoms with E-state index in [9.17, 15) is 5.11 Å². The number of hydrogen-bond acceptors (Lipinski definition) is 1. The van der Waals surface area contributed by atoms with Crippen LogP contribution >= 0.6 is 11.6 Å². The number of fused-ring (bicyclic) bond motifs is 3. The van der Waals surface area contributed by atoms with Gasteiger partial charge in [0.25, 0.3) is 0 Å². The first-order chi connectivity index (χ1) is 13.2. The van der Waals surface area contributed by atoms with E-state index >= 15 is 0 Å². The van der Waals surface area contributed by atoms with E-state index in [1.807, 2.05) is 78.9 Å². The Bertz CT molecular complexity index is 1150. The quantitative estimate of drug-likeness (QED) is 0.442. The Kier molecular flexibility index (Phi) is 3.68. The number of aliphatic hydroxyl groups is 1. The lowest BCUT2D eigenvalue weighted by atomic mass is 9.80. The van der Waals surface area contributed by atoms with Crippen molar-refractivity contribution in [3.8, 4) is 22.3 Å². The lowest BCUT2D eigenvalue weighted by molar-refractivity contribution is 0.131. The smallest absolute Gasteiger partial charge is 0.142 e. The van der Waals surface area contributed by atoms with Crippen LogP contribution in [-0.2, 0) is 5.60 Å². The molecule has 130 valence electrons. The normalized spacial score (nSPS) is 17.4. The van der Waals surface area contributed by atoms with Crippen molar-refractivity contribution in [2.75, 3.05) is 0 Å². The molecular formula is C25H17ClO. The Morgan fingerprint density at radius 3 is 1.85 bits per heavy atom. The van der Waals surface area contributed by atoms with Gasteiger partial charge in [0.1, 0.15) is 5.60 Å². The average molecular weight is 369 g/mol. The van der Waals surface area contributed by atoms with Gasteiger partial charge in [0.05, 0.1) is 0 Å². The van der Waals surface area contributed by atoms with E-state index in [-0.39, 0.29) is 0 Å². The van der Waals surface area contributed by atoms with E-state index in [0.717, 1.165) is 38.9 Å². The van der Waals surface area contributed by atoms with Gasteiger partial charge in [-0.15, -0.1) is 0 Å². The SMILES string of the molecule is OC1(c2ccccc2-c2ccccc2)c2ccccc2-c2cc(Cl)ccc21. The van der Waals surface area contributed by atoms with Crippen LogP contribution in [0.1, 0.15) is 16.7 Å². The van der Waals surface area contributed by atoms with Gasteiger partial charge in [0.15, 0.2) is 0 Å². The molecule has 0 heterocycles. The molecule has 5 rings (SSSR count). The van der Waals surface area contributed by atoms with Crippen molar-refractivity contribution in [3.05, 3.63) is 119 Å². The van der Waals surface area contributed by atoms with Gasteiger partial charge in [-0.05, 0) is 34.4 Å². The fourth-order valence-electron chi connectivity index (χ4n) is 4.19. The summed E-state index contributed by atoms with van der Waals surface area (Å²) >= 11 is 6.27. The van der Waals surface area contributed by atoms with Crippen molar-refractivity contribution in [3.63, 3.8) is 0 Å². The second kappa shape index (κ2) is 6.09. The van der Waals surface area contributed by atoms with Crippen molar-refractivity contribution in [1.29, 1.82) is 0 Å². The van der Waals surface area contributed by atoms with Crippen LogP contribution in [0.15, 0.2) is 97.1 Å². The predicted octanol–water partition coefficient (Wildman–Crippen LogP) is 6.27. The maximum Gasteiger partial charge on any atom is 0.142 e. The standard InChI is InChI=1S/C25H17ClO/c26-18-14-15-24-21(16-18)20-11-5-7-13-23(20)25(24,27)22-12-6-4-10-19(22)17-8-2-1-3-9-17/h1-16,27H. The lowest BCUT2D eigenvalue weighted by Crippen LogP contribution is -2.27. The molecule has 1 nitrogen and oxygen atoms in total. The minimum absolute atomic E-state index is 0.671. The van der Waals surface area contributed by atoms with E-state index < -0.39 is 5.60 Å². The molecule has 0 spiro atoms. The summed E-state index contributed by atoms with van der Waals surface area (Å²) < 4.78 is 0. The van der Waals surface area contributed by atoms with Crippen LogP contribution in [0, 0.1) is 0 Å². The fourth-order valence-corrected chi connectivity index (χ4v) is 4.36. The third-order valence-corrected chi connectivity index (χ3v) is 5.62. The molecule has 0 fully saturated rings. The Morgan fingerprint density at radius 1 is 0.556 bits per heavy atom. The predicted molar refractivity (Wildman–Crippen MR) is 111 cm³/mol. The van der Waals surface area contributed by atoms with Gasteiger partial charge >= 0.3 is 0 Å². The zero-order valence-corrected chi connectivity index (χ0v) is 15.3. The van der Waals surface area contributed by atoms with Crippen molar-refractivity contribution >= 4 is 11.6 Å². The zero-order chi connectivity index (χ0) is 18.4. The molecule has 1 aliphatic rings. The molecule has 1 atom stereocenters. The van der Waals surface area contributed by atoms with E-state index in [1.54, 1.807) is 0 Å². The molecule has 4 aromatic rings. The summed E-state index contributed by atoms with van der Waals surface area (Å²) in [6.07, 6.45) is 0. The molecule has 1 N–H and O–H groups in total. The van der Waals surface area contributed by atoms with Crippen LogP contribution in [-0.4, -0.2) is 5.11 Å². The Morgan fingerprint density at radius 2 is 1.11 bits per heavy atom. The summed E-state index contributed by atoms with van der Waals surface area (Å²) in [5.74, 6) is 0. The van der Waals surface area contributed by atoms with Crippen molar-refractivity contribution in [2.24, 2.45) is 0 Å². The highest BCUT2D eigenvalue weighted by molar-refractivity contribution is 6.31. The molecule has 2 heteroatoms. The van der Waals surface area contributed by atoms with Crippen LogP contribution in [0.2, 0.25) is 5.02 Å². The maximum absolute atomic E-state index is 12.2. The van der Waals surface area contributed by atoms with Gasteiger partial charge < -0.3 is 5.11 Å². The molecule has 1 unspecified atom stereocenters. The van der Waals surface area contributed by atoms with Gasteiger partial charge in [-0.1, -0.05) is 96.5 Å². The summed E-state index contributed by atoms with van der Waals surface area (Å²) in [5, 5.41) is 12.8. The number of benzene rings is 4. The maximum atomic E-state index is 12.2. The third-order valence-electron chi connectivity index (χ3n) is 5.38. The summed E-state index contributed by atoms with van der Waals surface area (Å²) in [7, 11) is 0. The molecule has 1 aliphatic carbocycles. The number of hydrogen-bond donors (Lipinski definition) is 1. The van der Waals surface area contributed by atoms with Crippen LogP contribution in [0.5, 0.6) is 0 Å². The molecule has 0 saturated carbocycles. The molecule has 0 amide bonds. The summed E-state index contributed by atoms with van der Waals surface area (Å²) in [6.45, 7) is 0. The van der Waals surface area contributed by atoms with Crippen LogP contribution in [0.25, 0.3) is 22.3 Å². The summed E-state index contributed by atoms with van der Waals surface area (Å²) in [5.41, 5.74) is 5.55. The molecule has 0 aliphatic heterocycles. The first kappa shape index (κ1) is 16.3. The van der Waals surface area contributed by atoms with Gasteiger partial charge in [-0.25, -0.2) is 0 Å². The van der Waals surface area contributed by atoms with E-state index in [4.69, 9.17) is 11.6 Å². The van der Waals surface area contributed by atoms with Crippen molar-refractivity contribution < 1.29 is 5.11 Å². The average Bonchev–Trinajstić information content (AvgIpc) is 2.98. The Hall–Kier alpha value is -2.87. The van der Waals surface area contributed by atoms with E-state index in [0.29, 0.717) is 5.02 Å². The number of halogens is 1. The Labute approximate surface area is 163 Å². The van der Waals surface area contributed by atoms with Crippen LogP contribution < -0.4 is 0 Å². The van der Waals surface area contributed by atoms with Crippen molar-refractivity contribution in [1.82, 2.24) is 0 Å². The zero-order valence-electron chi connectivity index (χ0n) is 14.6. The lowest BCUT2D eigenvalue weighted by Gasteiger charge is -2.29. The third kappa shape index (κ3) is 2.36. The Balaban J connectivity index is 1.85. The fraction of sp³-hybridized carbons (Fsp3) is 0.0400. The van der Waals surface area contributed by atoms with Gasteiger partial charge in [0, 0.05) is 21.7 Å². The first-order valence-corrected chi connectivity index (χ1v) is 9.34. The first-order valence-electron chi connectivity index (χ1n) is 8.97. The highest BCUT2D eigenvalue weighted by Gasteiger charge is 2.44. The number of rotatable bonds is 2. The summed E-state index contributed by atoms with van der Waals surface area (Å²) in [6, 6.07) is 32.0. The van der Waals surface area contributed by atoms with Gasteiger partial charge in [0.2, 0.25) is 0 Å². The van der Waals surface area contributed by atoms with E-state index in [2.05, 4.69) is 18.2 Å². The second-order valence-electron chi connectivity index (χ2n) is 6.86. The van der Waals surface area contributed by atoms with E-state index in [1.165, 1.54) is 0 Å². The molecule has 4 aromatic carbocycles. The molecular weight excluding hydrogens is 352 g/mol. The molecule has 0 aromatic heterocycles. The highest BCUT2D eigenvalue weighted by atomic mass is 35.5. The molecule has 27 heavy (non-hydrogen) atoms. The summed E-state index contributed by atoms with van der Waals surface area (Å²) in [4.78, 5) is 0. The monoisotopic (exact) mass is 368 g/mol. The highest BCUT2D eigenvalue weighted by Crippen LogP contribution is 2.53. The van der Waals surface area contributed by atoms with Gasteiger partial charge in [-0.3, -0.25) is 0 Å². The van der Waals surface area contributed by atoms with Gasteiger partial charge in [-0.2, -0.15) is 0 Å². The second-order valence-corrected chi connectivity index (χ2v) is 7.29. The molecule has 0 radical (unpaired) electrons. The topological polar surface area (TPSA) is 20.2 Å². The molecule has 0 bridgehead atoms. The molecule has 0 saturated heterocycles. The minimum atomic E-state index is -1.22. The largest absolute Gasteiger partial charge is 0.376 e.